The van der Waals surface area contributed by atoms with Crippen LogP contribution in [0.4, 0.5) is 5.69 Å². The summed E-state index contributed by atoms with van der Waals surface area (Å²) in [5.74, 6) is 0. The van der Waals surface area contributed by atoms with Crippen LogP contribution < -0.4 is 4.72 Å². The van der Waals surface area contributed by atoms with Crippen molar-refractivity contribution < 1.29 is 8.42 Å². The van der Waals surface area contributed by atoms with Gasteiger partial charge in [0, 0.05) is 16.1 Å². The predicted molar refractivity (Wildman–Crippen MR) is 102 cm³/mol. The Morgan fingerprint density at radius 2 is 1.68 bits per heavy atom. The van der Waals surface area contributed by atoms with Crippen LogP contribution in [-0.4, -0.2) is 13.4 Å². The van der Waals surface area contributed by atoms with Crippen LogP contribution in [0.1, 0.15) is 5.56 Å². The van der Waals surface area contributed by atoms with Crippen molar-refractivity contribution in [2.45, 2.75) is 21.7 Å². The van der Waals surface area contributed by atoms with Gasteiger partial charge in [0.15, 0.2) is 0 Å². The SMILES string of the molecule is Cc1ccc(Sc2ncccc2NS(=O)(=O)c2ccc(Cl)cc2)cc1. The highest BCUT2D eigenvalue weighted by Gasteiger charge is 2.17. The Morgan fingerprint density at radius 1 is 1.00 bits per heavy atom. The summed E-state index contributed by atoms with van der Waals surface area (Å²) < 4.78 is 27.7. The van der Waals surface area contributed by atoms with Gasteiger partial charge >= 0.3 is 0 Å². The van der Waals surface area contributed by atoms with E-state index in [9.17, 15) is 8.42 Å². The molecule has 0 unspecified atom stereocenters. The highest BCUT2D eigenvalue weighted by molar-refractivity contribution is 7.99. The summed E-state index contributed by atoms with van der Waals surface area (Å²) in [6.45, 7) is 2.01. The predicted octanol–water partition coefficient (Wildman–Crippen LogP) is 5.00. The van der Waals surface area contributed by atoms with Gasteiger partial charge in [-0.1, -0.05) is 41.1 Å². The standard InChI is InChI=1S/C18H15ClN2O2S2/c1-13-4-8-15(9-5-13)24-18-17(3-2-12-20-18)21-25(22,23)16-10-6-14(19)7-11-16/h2-12,21H,1H3. The molecule has 1 heterocycles. The normalized spacial score (nSPS) is 11.3. The van der Waals surface area contributed by atoms with Gasteiger partial charge in [-0.05, 0) is 55.5 Å². The number of benzene rings is 2. The van der Waals surface area contributed by atoms with E-state index in [4.69, 9.17) is 11.6 Å². The topological polar surface area (TPSA) is 59.1 Å². The summed E-state index contributed by atoms with van der Waals surface area (Å²) in [6.07, 6.45) is 1.64. The molecule has 0 aliphatic heterocycles. The van der Waals surface area contributed by atoms with Gasteiger partial charge in [0.25, 0.3) is 10.0 Å². The molecule has 3 aromatic rings. The number of aromatic nitrogens is 1. The van der Waals surface area contributed by atoms with Crippen LogP contribution in [0.5, 0.6) is 0 Å². The van der Waals surface area contributed by atoms with Crippen molar-refractivity contribution in [2.75, 3.05) is 4.72 Å². The van der Waals surface area contributed by atoms with Crippen LogP contribution in [0.15, 0.2) is 81.7 Å². The molecule has 1 N–H and O–H groups in total. The third-order valence-corrected chi connectivity index (χ3v) is 6.03. The molecule has 1 aromatic heterocycles. The summed E-state index contributed by atoms with van der Waals surface area (Å²) >= 11 is 7.22. The first kappa shape index (κ1) is 17.8. The minimum absolute atomic E-state index is 0.145. The zero-order chi connectivity index (χ0) is 17.9. The number of anilines is 1. The first-order chi connectivity index (χ1) is 11.9. The molecule has 0 bridgehead atoms. The lowest BCUT2D eigenvalue weighted by Gasteiger charge is -2.11. The zero-order valence-corrected chi connectivity index (χ0v) is 15.7. The molecule has 0 radical (unpaired) electrons. The molecule has 0 spiro atoms. The van der Waals surface area contributed by atoms with Crippen LogP contribution in [0.25, 0.3) is 0 Å². The second-order valence-electron chi connectivity index (χ2n) is 5.33. The van der Waals surface area contributed by atoms with Crippen LogP contribution in [0.2, 0.25) is 5.02 Å². The molecule has 0 aliphatic rings. The number of nitrogens with zero attached hydrogens (tertiary/aromatic N) is 1. The second-order valence-corrected chi connectivity index (χ2v) is 8.51. The van der Waals surface area contributed by atoms with Gasteiger partial charge < -0.3 is 0 Å². The molecular formula is C18H15ClN2O2S2. The molecule has 0 fully saturated rings. The summed E-state index contributed by atoms with van der Waals surface area (Å²) in [5, 5.41) is 1.07. The van der Waals surface area contributed by atoms with E-state index in [-0.39, 0.29) is 4.90 Å². The van der Waals surface area contributed by atoms with Crippen molar-refractivity contribution >= 4 is 39.1 Å². The highest BCUT2D eigenvalue weighted by Crippen LogP contribution is 2.32. The number of aryl methyl sites for hydroxylation is 1. The third kappa shape index (κ3) is 4.54. The van der Waals surface area contributed by atoms with E-state index in [2.05, 4.69) is 9.71 Å². The lowest BCUT2D eigenvalue weighted by Crippen LogP contribution is -2.13. The lowest BCUT2D eigenvalue weighted by molar-refractivity contribution is 0.601. The molecule has 3 rings (SSSR count). The number of hydrogen-bond donors (Lipinski definition) is 1. The van der Waals surface area contributed by atoms with Crippen molar-refractivity contribution in [1.82, 2.24) is 4.98 Å². The maximum atomic E-state index is 12.6. The van der Waals surface area contributed by atoms with Gasteiger partial charge in [0.05, 0.1) is 10.6 Å². The molecule has 0 saturated heterocycles. The maximum absolute atomic E-state index is 12.6. The smallest absolute Gasteiger partial charge is 0.261 e. The number of nitrogens with one attached hydrogen (secondary N) is 1. The number of hydrogen-bond acceptors (Lipinski definition) is 4. The van der Waals surface area contributed by atoms with Crippen LogP contribution in [-0.2, 0) is 10.0 Å². The van der Waals surface area contributed by atoms with Crippen LogP contribution >= 0.6 is 23.4 Å². The molecule has 2 aromatic carbocycles. The van der Waals surface area contributed by atoms with Crippen molar-refractivity contribution in [3.8, 4) is 0 Å². The number of rotatable bonds is 5. The van der Waals surface area contributed by atoms with Gasteiger partial charge in [-0.25, -0.2) is 13.4 Å². The van der Waals surface area contributed by atoms with Gasteiger partial charge in [0.2, 0.25) is 0 Å². The van der Waals surface area contributed by atoms with E-state index in [0.717, 1.165) is 10.5 Å². The van der Waals surface area contributed by atoms with E-state index in [0.29, 0.717) is 15.7 Å². The highest BCUT2D eigenvalue weighted by atomic mass is 35.5. The Hall–Kier alpha value is -2.02. The van der Waals surface area contributed by atoms with Gasteiger partial charge in [-0.3, -0.25) is 4.72 Å². The average Bonchev–Trinajstić information content (AvgIpc) is 2.59. The first-order valence-electron chi connectivity index (χ1n) is 7.42. The Kier molecular flexibility index (Phi) is 5.32. The Balaban J connectivity index is 1.87. The van der Waals surface area contributed by atoms with Crippen molar-refractivity contribution in [3.63, 3.8) is 0 Å². The maximum Gasteiger partial charge on any atom is 0.261 e. The van der Waals surface area contributed by atoms with Gasteiger partial charge in [-0.2, -0.15) is 0 Å². The zero-order valence-electron chi connectivity index (χ0n) is 13.3. The molecule has 128 valence electrons. The third-order valence-electron chi connectivity index (χ3n) is 3.37. The summed E-state index contributed by atoms with van der Waals surface area (Å²) in [4.78, 5) is 5.43. The molecule has 7 heteroatoms. The summed E-state index contributed by atoms with van der Waals surface area (Å²) in [6, 6.07) is 17.4. The molecule has 25 heavy (non-hydrogen) atoms. The molecule has 0 atom stereocenters. The monoisotopic (exact) mass is 390 g/mol. The molecule has 0 saturated carbocycles. The van der Waals surface area contributed by atoms with Crippen molar-refractivity contribution in [3.05, 3.63) is 77.4 Å². The van der Waals surface area contributed by atoms with E-state index in [1.807, 2.05) is 31.2 Å². The summed E-state index contributed by atoms with van der Waals surface area (Å²) in [5.41, 5.74) is 1.59. The minimum atomic E-state index is -3.71. The Bertz CT molecular complexity index is 973. The molecule has 0 amide bonds. The Morgan fingerprint density at radius 3 is 2.36 bits per heavy atom. The molecular weight excluding hydrogens is 376 g/mol. The van der Waals surface area contributed by atoms with Crippen molar-refractivity contribution in [2.24, 2.45) is 0 Å². The Labute approximate surface area is 156 Å². The van der Waals surface area contributed by atoms with E-state index in [1.165, 1.54) is 23.9 Å². The lowest BCUT2D eigenvalue weighted by atomic mass is 10.2. The summed E-state index contributed by atoms with van der Waals surface area (Å²) in [7, 11) is -3.71. The minimum Gasteiger partial charge on any atom is -0.277 e. The number of halogens is 1. The molecule has 4 nitrogen and oxygen atoms in total. The quantitative estimate of drug-likeness (QED) is 0.666. The second kappa shape index (κ2) is 7.47. The van der Waals surface area contributed by atoms with Crippen LogP contribution in [0.3, 0.4) is 0 Å². The van der Waals surface area contributed by atoms with Gasteiger partial charge in [-0.15, -0.1) is 0 Å². The fourth-order valence-electron chi connectivity index (χ4n) is 2.09. The number of pyridine rings is 1. The molecule has 0 aliphatic carbocycles. The van der Waals surface area contributed by atoms with E-state index in [1.54, 1.807) is 30.5 Å². The first-order valence-corrected chi connectivity index (χ1v) is 10.1. The van der Waals surface area contributed by atoms with E-state index >= 15 is 0 Å². The fourth-order valence-corrected chi connectivity index (χ4v) is 4.18. The van der Waals surface area contributed by atoms with E-state index < -0.39 is 10.0 Å². The van der Waals surface area contributed by atoms with Crippen LogP contribution in [0, 0.1) is 6.92 Å². The van der Waals surface area contributed by atoms with Gasteiger partial charge in [0.1, 0.15) is 5.03 Å². The fraction of sp³-hybridized carbons (Fsp3) is 0.0556. The number of sulfonamides is 1. The van der Waals surface area contributed by atoms with Crippen molar-refractivity contribution in [1.29, 1.82) is 0 Å². The largest absolute Gasteiger partial charge is 0.277 e. The average molecular weight is 391 g/mol.